The van der Waals surface area contributed by atoms with Gasteiger partial charge in [-0.2, -0.15) is 0 Å². The predicted molar refractivity (Wildman–Crippen MR) is 106 cm³/mol. The van der Waals surface area contributed by atoms with Gasteiger partial charge in [-0.1, -0.05) is 0 Å². The highest BCUT2D eigenvalue weighted by molar-refractivity contribution is 4.96. The van der Waals surface area contributed by atoms with Crippen LogP contribution in [0.25, 0.3) is 0 Å². The first-order valence-corrected chi connectivity index (χ1v) is 11.0. The van der Waals surface area contributed by atoms with E-state index in [0.717, 1.165) is 0 Å². The summed E-state index contributed by atoms with van der Waals surface area (Å²) in [5, 5.41) is 101. The lowest BCUT2D eigenvalue weighted by atomic mass is 9.96. The third kappa shape index (κ3) is 5.78. The van der Waals surface area contributed by atoms with Crippen LogP contribution in [0.15, 0.2) is 0 Å². The second kappa shape index (κ2) is 12.3. The molecule has 0 aromatic carbocycles. The molecule has 0 aliphatic carbocycles. The molecule has 3 saturated heterocycles. The smallest absolute Gasteiger partial charge is 0.187 e. The van der Waals surface area contributed by atoms with Crippen molar-refractivity contribution in [2.75, 3.05) is 26.9 Å². The molecule has 10 N–H and O–H groups in total. The van der Waals surface area contributed by atoms with E-state index in [-0.39, 0.29) is 0 Å². The Morgan fingerprint density at radius 1 is 0.486 bits per heavy atom. The number of rotatable bonds is 8. The van der Waals surface area contributed by atoms with Crippen LogP contribution in [0.2, 0.25) is 0 Å². The Bertz CT molecular complexity index is 638. The number of methoxy groups -OCH3 is 1. The highest BCUT2D eigenvalue weighted by Gasteiger charge is 2.53. The van der Waals surface area contributed by atoms with E-state index in [1.807, 2.05) is 0 Å². The van der Waals surface area contributed by atoms with Crippen LogP contribution in [-0.2, 0) is 28.4 Å². The minimum absolute atomic E-state index is 0.664. The van der Waals surface area contributed by atoms with Gasteiger partial charge in [-0.25, -0.2) is 0 Å². The van der Waals surface area contributed by atoms with Gasteiger partial charge in [-0.05, 0) is 0 Å². The Labute approximate surface area is 199 Å². The lowest BCUT2D eigenvalue weighted by molar-refractivity contribution is -0.380. The Morgan fingerprint density at radius 2 is 0.857 bits per heavy atom. The molecular formula is C19H34O16. The second-order valence-corrected chi connectivity index (χ2v) is 8.55. The molecule has 3 fully saturated rings. The van der Waals surface area contributed by atoms with Crippen LogP contribution in [0.3, 0.4) is 0 Å². The van der Waals surface area contributed by atoms with Gasteiger partial charge < -0.3 is 79.5 Å². The topological polar surface area (TPSA) is 258 Å². The van der Waals surface area contributed by atoms with Crippen molar-refractivity contribution in [3.8, 4) is 0 Å². The quantitative estimate of drug-likeness (QED) is 0.143. The maximum atomic E-state index is 10.8. The molecule has 3 aliphatic heterocycles. The second-order valence-electron chi connectivity index (χ2n) is 8.55. The first kappa shape index (κ1) is 28.9. The average molecular weight is 518 g/mol. The van der Waals surface area contributed by atoms with Crippen molar-refractivity contribution in [2.24, 2.45) is 0 Å². The number of hydrogen-bond donors (Lipinski definition) is 10. The normalized spacial score (nSPS) is 51.3. The largest absolute Gasteiger partial charge is 0.394 e. The summed E-state index contributed by atoms with van der Waals surface area (Å²) >= 11 is 0. The molecule has 0 bridgehead atoms. The zero-order valence-electron chi connectivity index (χ0n) is 18.7. The summed E-state index contributed by atoms with van der Waals surface area (Å²) in [6.07, 6.45) is -24.1. The van der Waals surface area contributed by atoms with Crippen molar-refractivity contribution in [1.29, 1.82) is 0 Å². The minimum atomic E-state index is -1.88. The Kier molecular flexibility index (Phi) is 10.1. The van der Waals surface area contributed by atoms with Crippen molar-refractivity contribution in [3.63, 3.8) is 0 Å². The fourth-order valence-corrected chi connectivity index (χ4v) is 4.22. The third-order valence-electron chi connectivity index (χ3n) is 6.31. The Balaban J connectivity index is 1.79. The van der Waals surface area contributed by atoms with Gasteiger partial charge >= 0.3 is 0 Å². The third-order valence-corrected chi connectivity index (χ3v) is 6.31. The Morgan fingerprint density at radius 3 is 1.29 bits per heavy atom. The van der Waals surface area contributed by atoms with Crippen LogP contribution in [0.1, 0.15) is 0 Å². The molecule has 16 nitrogen and oxygen atoms in total. The molecule has 16 heteroatoms. The molecule has 0 spiro atoms. The summed E-state index contributed by atoms with van der Waals surface area (Å²) in [6, 6.07) is 0. The highest BCUT2D eigenvalue weighted by atomic mass is 16.8. The van der Waals surface area contributed by atoms with Crippen LogP contribution in [0, 0.1) is 0 Å². The highest BCUT2D eigenvalue weighted by Crippen LogP contribution is 2.32. The van der Waals surface area contributed by atoms with Crippen molar-refractivity contribution in [3.05, 3.63) is 0 Å². The van der Waals surface area contributed by atoms with Crippen LogP contribution in [0.4, 0.5) is 0 Å². The number of hydrogen-bond acceptors (Lipinski definition) is 16. The fraction of sp³-hybridized carbons (Fsp3) is 1.00. The number of aliphatic hydroxyl groups excluding tert-OH is 10. The molecule has 0 unspecified atom stereocenters. The molecule has 3 aliphatic rings. The fourth-order valence-electron chi connectivity index (χ4n) is 4.22. The summed E-state index contributed by atoms with van der Waals surface area (Å²) < 4.78 is 31.8. The molecule has 0 aromatic heterocycles. The van der Waals surface area contributed by atoms with E-state index < -0.39 is 112 Å². The lowest BCUT2D eigenvalue weighted by Crippen LogP contribution is -2.66. The molecular weight excluding hydrogens is 484 g/mol. The SMILES string of the molecule is CO[C@H]1O[C@H](CO)[C@@H](O)[C@H](O[C@@H]2O[C@H](CO)[C@@H](O)[C@H](O[C@@H]3O[C@H](CO)[C@@H](O)[C@H](O)[C@@H]3O)[C@@H]2O)[C@@H]1O. The van der Waals surface area contributed by atoms with E-state index in [1.54, 1.807) is 0 Å². The first-order chi connectivity index (χ1) is 16.6. The average Bonchev–Trinajstić information content (AvgIpc) is 2.85. The first-order valence-electron chi connectivity index (χ1n) is 11.0. The van der Waals surface area contributed by atoms with Gasteiger partial charge in [0.1, 0.15) is 73.2 Å². The minimum Gasteiger partial charge on any atom is -0.394 e. The van der Waals surface area contributed by atoms with E-state index in [0.29, 0.717) is 0 Å². The van der Waals surface area contributed by atoms with Gasteiger partial charge in [-0.3, -0.25) is 0 Å². The van der Waals surface area contributed by atoms with E-state index in [4.69, 9.17) is 28.4 Å². The molecule has 35 heavy (non-hydrogen) atoms. The summed E-state index contributed by atoms with van der Waals surface area (Å²) in [6.45, 7) is -2.20. The predicted octanol–water partition coefficient (Wildman–Crippen LogP) is -6.92. The van der Waals surface area contributed by atoms with Gasteiger partial charge in [0.15, 0.2) is 18.9 Å². The van der Waals surface area contributed by atoms with E-state index in [1.165, 1.54) is 7.11 Å². The van der Waals surface area contributed by atoms with Gasteiger partial charge in [0.25, 0.3) is 0 Å². The number of aliphatic hydroxyl groups is 10. The van der Waals surface area contributed by atoms with E-state index in [2.05, 4.69) is 0 Å². The van der Waals surface area contributed by atoms with Gasteiger partial charge in [0, 0.05) is 7.11 Å². The molecule has 206 valence electrons. The maximum Gasteiger partial charge on any atom is 0.187 e. The molecule has 0 aromatic rings. The zero-order chi connectivity index (χ0) is 26.0. The van der Waals surface area contributed by atoms with Crippen LogP contribution >= 0.6 is 0 Å². The summed E-state index contributed by atoms with van der Waals surface area (Å²) in [5.74, 6) is 0. The van der Waals surface area contributed by atoms with E-state index >= 15 is 0 Å². The van der Waals surface area contributed by atoms with Crippen molar-refractivity contribution in [1.82, 2.24) is 0 Å². The van der Waals surface area contributed by atoms with Crippen LogP contribution < -0.4 is 0 Å². The molecule has 15 atom stereocenters. The van der Waals surface area contributed by atoms with Crippen molar-refractivity contribution < 1.29 is 79.5 Å². The molecule has 0 amide bonds. The van der Waals surface area contributed by atoms with Crippen LogP contribution in [0.5, 0.6) is 0 Å². The van der Waals surface area contributed by atoms with E-state index in [9.17, 15) is 51.1 Å². The van der Waals surface area contributed by atoms with Crippen molar-refractivity contribution >= 4 is 0 Å². The van der Waals surface area contributed by atoms with Gasteiger partial charge in [0.05, 0.1) is 19.8 Å². The summed E-state index contributed by atoms with van der Waals surface area (Å²) in [4.78, 5) is 0. The van der Waals surface area contributed by atoms with Crippen LogP contribution in [-0.4, -0.2) is 170 Å². The van der Waals surface area contributed by atoms with Crippen molar-refractivity contribution in [2.45, 2.75) is 92.1 Å². The monoisotopic (exact) mass is 518 g/mol. The molecule has 3 heterocycles. The lowest BCUT2D eigenvalue weighted by Gasteiger charge is -2.48. The molecule has 3 rings (SSSR count). The molecule has 0 radical (unpaired) electrons. The standard InChI is InChI=1S/C19H34O16/c1-30-17-13(28)15(9(24)6(3-21)31-17)35-19-14(29)16(10(25)7(4-22)33-19)34-18-12(27)11(26)8(23)5(2-20)32-18/h5-29H,2-4H2,1H3/t5-,6-,7-,8-,9-,10-,11+,12+,13+,14+,15+,16+,17+,18+,19+/m1/s1. The number of ether oxygens (including phenoxy) is 6. The van der Waals surface area contributed by atoms with Gasteiger partial charge in [-0.15, -0.1) is 0 Å². The molecule has 0 saturated carbocycles. The summed E-state index contributed by atoms with van der Waals surface area (Å²) in [7, 11) is 1.20. The van der Waals surface area contributed by atoms with Gasteiger partial charge in [0.2, 0.25) is 0 Å². The Hall–Kier alpha value is -0.640. The zero-order valence-corrected chi connectivity index (χ0v) is 18.7. The summed E-state index contributed by atoms with van der Waals surface area (Å²) in [5.41, 5.74) is 0. The maximum absolute atomic E-state index is 10.8.